The highest BCUT2D eigenvalue weighted by Crippen LogP contribution is 2.25. The van der Waals surface area contributed by atoms with Crippen molar-refractivity contribution in [1.82, 2.24) is 0 Å². The summed E-state index contributed by atoms with van der Waals surface area (Å²) in [5, 5.41) is 13.5. The minimum atomic E-state index is -0.543. The lowest BCUT2D eigenvalue weighted by atomic mass is 10.2. The Bertz CT molecular complexity index is 977. The molecule has 1 amide bonds. The highest BCUT2D eigenvalue weighted by Gasteiger charge is 2.11. The van der Waals surface area contributed by atoms with Crippen LogP contribution < -0.4 is 5.32 Å². The molecule has 0 saturated heterocycles. The molecule has 0 radical (unpaired) electrons. The van der Waals surface area contributed by atoms with Crippen molar-refractivity contribution >= 4 is 29.0 Å². The third kappa shape index (κ3) is 4.92. The maximum atomic E-state index is 13.6. The fourth-order valence-electron chi connectivity index (χ4n) is 2.38. The van der Waals surface area contributed by atoms with Crippen molar-refractivity contribution in [1.29, 1.82) is 0 Å². The van der Waals surface area contributed by atoms with E-state index in [0.29, 0.717) is 17.0 Å². The molecule has 1 N–H and O–H groups in total. The van der Waals surface area contributed by atoms with Gasteiger partial charge in [0.25, 0.3) is 11.6 Å². The average Bonchev–Trinajstić information content (AvgIpc) is 2.68. The first kappa shape index (κ1) is 18.6. The van der Waals surface area contributed by atoms with E-state index in [9.17, 15) is 19.3 Å². The van der Waals surface area contributed by atoms with Crippen LogP contribution in [0.1, 0.15) is 15.9 Å². The van der Waals surface area contributed by atoms with Crippen LogP contribution in [0.4, 0.5) is 15.8 Å². The SMILES string of the molecule is O=C(Nc1ccc(SCc2ccccc2F)cc1)c1cccc([N+](=O)[O-])c1. The Morgan fingerprint density at radius 3 is 2.48 bits per heavy atom. The Labute approximate surface area is 159 Å². The molecule has 3 aromatic rings. The predicted octanol–water partition coefficient (Wildman–Crippen LogP) is 5.28. The van der Waals surface area contributed by atoms with Crippen molar-refractivity contribution < 1.29 is 14.1 Å². The molecule has 0 aliphatic carbocycles. The van der Waals surface area contributed by atoms with Crippen molar-refractivity contribution in [3.63, 3.8) is 0 Å². The van der Waals surface area contributed by atoms with Crippen molar-refractivity contribution in [2.45, 2.75) is 10.6 Å². The number of hydrogen-bond donors (Lipinski definition) is 1. The monoisotopic (exact) mass is 382 g/mol. The number of benzene rings is 3. The molecule has 3 rings (SSSR count). The molecular formula is C20H15FN2O3S. The first-order chi connectivity index (χ1) is 13.0. The Morgan fingerprint density at radius 2 is 1.78 bits per heavy atom. The van der Waals surface area contributed by atoms with Gasteiger partial charge in [-0.3, -0.25) is 14.9 Å². The minimum absolute atomic E-state index is 0.137. The minimum Gasteiger partial charge on any atom is -0.322 e. The molecule has 136 valence electrons. The van der Waals surface area contributed by atoms with E-state index in [2.05, 4.69) is 5.32 Å². The second-order valence-corrected chi connectivity index (χ2v) is 6.71. The van der Waals surface area contributed by atoms with Crippen LogP contribution in [-0.4, -0.2) is 10.8 Å². The number of carbonyl (C=O) groups excluding carboxylic acids is 1. The Hall–Kier alpha value is -3.19. The number of nitro benzene ring substituents is 1. The van der Waals surface area contributed by atoms with Gasteiger partial charge in [0.2, 0.25) is 0 Å². The topological polar surface area (TPSA) is 72.2 Å². The number of hydrogen-bond acceptors (Lipinski definition) is 4. The van der Waals surface area contributed by atoms with Crippen molar-refractivity contribution in [3.8, 4) is 0 Å². The zero-order chi connectivity index (χ0) is 19.2. The number of rotatable bonds is 6. The number of amides is 1. The van der Waals surface area contributed by atoms with Crippen LogP contribution in [0.25, 0.3) is 0 Å². The van der Waals surface area contributed by atoms with E-state index in [1.165, 1.54) is 42.1 Å². The van der Waals surface area contributed by atoms with E-state index in [4.69, 9.17) is 0 Å². The molecule has 0 aliphatic rings. The summed E-state index contributed by atoms with van der Waals surface area (Å²) in [6, 6.07) is 19.3. The number of halogens is 1. The number of nitrogens with one attached hydrogen (secondary N) is 1. The summed E-state index contributed by atoms with van der Waals surface area (Å²) in [7, 11) is 0. The standard InChI is InChI=1S/C20H15FN2O3S/c21-19-7-2-1-4-15(19)13-27-18-10-8-16(9-11-18)22-20(24)14-5-3-6-17(12-14)23(25)26/h1-12H,13H2,(H,22,24). The summed E-state index contributed by atoms with van der Waals surface area (Å²) < 4.78 is 13.6. The van der Waals surface area contributed by atoms with Crippen LogP contribution in [0.5, 0.6) is 0 Å². The van der Waals surface area contributed by atoms with Crippen LogP contribution >= 0.6 is 11.8 Å². The van der Waals surface area contributed by atoms with Gasteiger partial charge in [-0.25, -0.2) is 4.39 Å². The summed E-state index contributed by atoms with van der Waals surface area (Å²) >= 11 is 1.49. The molecule has 27 heavy (non-hydrogen) atoms. The van der Waals surface area contributed by atoms with Crippen LogP contribution in [0.3, 0.4) is 0 Å². The summed E-state index contributed by atoms with van der Waals surface area (Å²) in [5.41, 5.74) is 1.28. The molecule has 3 aromatic carbocycles. The van der Waals surface area contributed by atoms with Gasteiger partial charge in [0.15, 0.2) is 0 Å². The predicted molar refractivity (Wildman–Crippen MR) is 103 cm³/mol. The van der Waals surface area contributed by atoms with Crippen LogP contribution in [0.15, 0.2) is 77.7 Å². The van der Waals surface area contributed by atoms with Gasteiger partial charge in [0, 0.05) is 34.0 Å². The van der Waals surface area contributed by atoms with E-state index < -0.39 is 10.8 Å². The Morgan fingerprint density at radius 1 is 1.04 bits per heavy atom. The van der Waals surface area contributed by atoms with Crippen molar-refractivity contribution in [2.24, 2.45) is 0 Å². The highest BCUT2D eigenvalue weighted by molar-refractivity contribution is 7.98. The fraction of sp³-hybridized carbons (Fsp3) is 0.0500. The van der Waals surface area contributed by atoms with Gasteiger partial charge in [-0.15, -0.1) is 11.8 Å². The molecule has 0 atom stereocenters. The number of thioether (sulfide) groups is 1. The molecular weight excluding hydrogens is 367 g/mol. The first-order valence-corrected chi connectivity index (χ1v) is 9.03. The van der Waals surface area contributed by atoms with Crippen molar-refractivity contribution in [2.75, 3.05) is 5.32 Å². The summed E-state index contributed by atoms with van der Waals surface area (Å²) in [5.74, 6) is -0.150. The van der Waals surface area contributed by atoms with Gasteiger partial charge in [0.1, 0.15) is 5.82 Å². The van der Waals surface area contributed by atoms with Crippen LogP contribution in [0, 0.1) is 15.9 Å². The van der Waals surface area contributed by atoms with Gasteiger partial charge < -0.3 is 5.32 Å². The van der Waals surface area contributed by atoms with E-state index in [1.807, 2.05) is 12.1 Å². The highest BCUT2D eigenvalue weighted by atomic mass is 32.2. The number of anilines is 1. The van der Waals surface area contributed by atoms with Crippen LogP contribution in [-0.2, 0) is 5.75 Å². The molecule has 0 fully saturated rings. The lowest BCUT2D eigenvalue weighted by Crippen LogP contribution is -2.11. The molecule has 0 aromatic heterocycles. The lowest BCUT2D eigenvalue weighted by molar-refractivity contribution is -0.384. The molecule has 0 spiro atoms. The largest absolute Gasteiger partial charge is 0.322 e. The Balaban J connectivity index is 1.62. The van der Waals surface area contributed by atoms with Gasteiger partial charge in [-0.1, -0.05) is 24.3 Å². The zero-order valence-electron chi connectivity index (χ0n) is 14.1. The number of nitrogens with zero attached hydrogens (tertiary/aromatic N) is 1. The Kier molecular flexibility index (Phi) is 5.83. The second kappa shape index (κ2) is 8.46. The maximum Gasteiger partial charge on any atom is 0.270 e. The van der Waals surface area contributed by atoms with Gasteiger partial charge >= 0.3 is 0 Å². The quantitative estimate of drug-likeness (QED) is 0.358. The normalized spacial score (nSPS) is 10.4. The summed E-state index contributed by atoms with van der Waals surface area (Å²) in [6.45, 7) is 0. The lowest BCUT2D eigenvalue weighted by Gasteiger charge is -2.07. The molecule has 0 heterocycles. The summed E-state index contributed by atoms with van der Waals surface area (Å²) in [4.78, 5) is 23.4. The molecule has 0 aliphatic heterocycles. The summed E-state index contributed by atoms with van der Waals surface area (Å²) in [6.07, 6.45) is 0. The van der Waals surface area contributed by atoms with E-state index in [1.54, 1.807) is 30.3 Å². The third-order valence-corrected chi connectivity index (χ3v) is 4.84. The van der Waals surface area contributed by atoms with Crippen LogP contribution in [0.2, 0.25) is 0 Å². The van der Waals surface area contributed by atoms with E-state index in [0.717, 1.165) is 4.90 Å². The molecule has 0 unspecified atom stereocenters. The average molecular weight is 382 g/mol. The number of non-ortho nitro benzene ring substituents is 1. The first-order valence-electron chi connectivity index (χ1n) is 8.05. The smallest absolute Gasteiger partial charge is 0.270 e. The van der Waals surface area contributed by atoms with E-state index in [-0.39, 0.29) is 17.1 Å². The molecule has 7 heteroatoms. The maximum absolute atomic E-state index is 13.6. The van der Waals surface area contributed by atoms with Gasteiger partial charge in [-0.2, -0.15) is 0 Å². The molecule has 0 saturated carbocycles. The molecule has 0 bridgehead atoms. The number of carbonyl (C=O) groups is 1. The van der Waals surface area contributed by atoms with Crippen molar-refractivity contribution in [3.05, 3.63) is 99.9 Å². The second-order valence-electron chi connectivity index (χ2n) is 5.67. The van der Waals surface area contributed by atoms with E-state index >= 15 is 0 Å². The third-order valence-electron chi connectivity index (χ3n) is 3.78. The zero-order valence-corrected chi connectivity index (χ0v) is 14.9. The van der Waals surface area contributed by atoms with Gasteiger partial charge in [-0.05, 0) is 42.0 Å². The number of nitro groups is 1. The molecule has 5 nitrogen and oxygen atoms in total. The fourth-order valence-corrected chi connectivity index (χ4v) is 3.26. The van der Waals surface area contributed by atoms with Gasteiger partial charge in [0.05, 0.1) is 4.92 Å².